The number of nitrogens with one attached hydrogen (secondary N) is 3. The molecule has 0 heterocycles. The minimum Gasteiger partial charge on any atom is -0.356 e. The van der Waals surface area contributed by atoms with Crippen LogP contribution in [-0.4, -0.2) is 31.3 Å². The van der Waals surface area contributed by atoms with Crippen molar-refractivity contribution in [1.29, 1.82) is 0 Å². The fourth-order valence-electron chi connectivity index (χ4n) is 6.13. The van der Waals surface area contributed by atoms with Crippen molar-refractivity contribution in [2.75, 3.05) is 18.9 Å². The second-order valence-electron chi connectivity index (χ2n) is 9.27. The second kappa shape index (κ2) is 8.17. The minimum absolute atomic E-state index is 0.108. The molecule has 0 radical (unpaired) electrons. The number of hydrogen-bond acceptors (Lipinski definition) is 3. The summed E-state index contributed by atoms with van der Waals surface area (Å²) in [7, 11) is 1.57. The monoisotopic (exact) mass is 397 g/mol. The smallest absolute Gasteiger partial charge is 0.251 e. The molecule has 29 heavy (non-hydrogen) atoms. The molecule has 0 aromatic heterocycles. The number of amides is 3. The van der Waals surface area contributed by atoms with Gasteiger partial charge in [-0.05, 0) is 80.9 Å². The third-order valence-electron chi connectivity index (χ3n) is 7.02. The molecule has 4 bridgehead atoms. The molecule has 3 amide bonds. The lowest BCUT2D eigenvalue weighted by Gasteiger charge is -2.55. The molecule has 6 nitrogen and oxygen atoms in total. The molecule has 0 atom stereocenters. The van der Waals surface area contributed by atoms with Crippen LogP contribution in [0.4, 0.5) is 5.69 Å². The minimum atomic E-state index is -0.187. The van der Waals surface area contributed by atoms with Crippen LogP contribution in [0.15, 0.2) is 24.3 Å². The zero-order valence-corrected chi connectivity index (χ0v) is 17.1. The summed E-state index contributed by atoms with van der Waals surface area (Å²) in [5.41, 5.74) is 0.985. The number of carbonyl (C=O) groups is 3. The topological polar surface area (TPSA) is 87.3 Å². The zero-order chi connectivity index (χ0) is 20.4. The Morgan fingerprint density at radius 3 is 2.31 bits per heavy atom. The molecule has 0 unspecified atom stereocenters. The van der Waals surface area contributed by atoms with E-state index < -0.39 is 0 Å². The highest BCUT2D eigenvalue weighted by atomic mass is 16.2. The third kappa shape index (κ3) is 4.31. The van der Waals surface area contributed by atoms with E-state index in [1.54, 1.807) is 31.3 Å². The largest absolute Gasteiger partial charge is 0.356 e. The maximum atomic E-state index is 12.9. The second-order valence-corrected chi connectivity index (χ2v) is 9.27. The summed E-state index contributed by atoms with van der Waals surface area (Å²) in [6.07, 6.45) is 8.12. The number of hydrogen-bond donors (Lipinski definition) is 3. The van der Waals surface area contributed by atoms with Crippen molar-refractivity contribution in [3.8, 4) is 0 Å². The lowest BCUT2D eigenvalue weighted by Crippen LogP contribution is -2.53. The van der Waals surface area contributed by atoms with Crippen molar-refractivity contribution in [2.24, 2.45) is 23.2 Å². The molecular formula is C23H31N3O3. The number of anilines is 1. The lowest BCUT2D eigenvalue weighted by atomic mass is 9.49. The van der Waals surface area contributed by atoms with Crippen molar-refractivity contribution in [2.45, 2.75) is 51.4 Å². The van der Waals surface area contributed by atoms with E-state index in [1.165, 1.54) is 19.3 Å². The Morgan fingerprint density at radius 2 is 1.69 bits per heavy atom. The van der Waals surface area contributed by atoms with E-state index in [9.17, 15) is 14.4 Å². The molecule has 3 N–H and O–H groups in total. The summed E-state index contributed by atoms with van der Waals surface area (Å²) in [5, 5.41) is 8.51. The van der Waals surface area contributed by atoms with Crippen LogP contribution in [0, 0.1) is 23.2 Å². The predicted molar refractivity (Wildman–Crippen MR) is 111 cm³/mol. The quantitative estimate of drug-likeness (QED) is 0.618. The summed E-state index contributed by atoms with van der Waals surface area (Å²) in [5.74, 6) is 2.18. The Balaban J connectivity index is 1.21. The molecule has 4 saturated carbocycles. The van der Waals surface area contributed by atoms with Crippen LogP contribution in [0.2, 0.25) is 0 Å². The standard InChI is InChI=1S/C23H31N3O3/c1-24-21(28)18-4-2-5-19(11-18)26-20(27)6-3-7-25-22(29)23-12-15-8-16(13-23)10-17(9-15)14-23/h2,4-5,11,15-17H,3,6-10,12-14H2,1H3,(H,24,28)(H,25,29)(H,26,27). The SMILES string of the molecule is CNC(=O)c1cccc(NC(=O)CCCNC(=O)C23CC4CC(CC(C4)C2)C3)c1. The first-order valence-corrected chi connectivity index (χ1v) is 10.9. The number of benzene rings is 1. The van der Waals surface area contributed by atoms with Crippen molar-refractivity contribution in [3.63, 3.8) is 0 Å². The highest BCUT2D eigenvalue weighted by Crippen LogP contribution is 2.60. The van der Waals surface area contributed by atoms with Crippen LogP contribution in [0.1, 0.15) is 61.7 Å². The van der Waals surface area contributed by atoms with Gasteiger partial charge in [-0.2, -0.15) is 0 Å². The predicted octanol–water partition coefficient (Wildman–Crippen LogP) is 3.10. The van der Waals surface area contributed by atoms with E-state index in [1.807, 2.05) is 0 Å². The van der Waals surface area contributed by atoms with Crippen molar-refractivity contribution < 1.29 is 14.4 Å². The molecular weight excluding hydrogens is 366 g/mol. The Morgan fingerprint density at radius 1 is 1.03 bits per heavy atom. The molecule has 1 aromatic carbocycles. The van der Waals surface area contributed by atoms with Crippen LogP contribution in [-0.2, 0) is 9.59 Å². The third-order valence-corrected chi connectivity index (χ3v) is 7.02. The molecule has 4 fully saturated rings. The van der Waals surface area contributed by atoms with Gasteiger partial charge in [-0.25, -0.2) is 0 Å². The van der Waals surface area contributed by atoms with Gasteiger partial charge < -0.3 is 16.0 Å². The van der Waals surface area contributed by atoms with Crippen molar-refractivity contribution >= 4 is 23.4 Å². The van der Waals surface area contributed by atoms with E-state index in [0.29, 0.717) is 30.6 Å². The summed E-state index contributed by atoms with van der Waals surface area (Å²) >= 11 is 0. The van der Waals surface area contributed by atoms with Gasteiger partial charge in [0.05, 0.1) is 0 Å². The molecule has 4 aliphatic carbocycles. The Kier molecular flexibility index (Phi) is 5.61. The zero-order valence-electron chi connectivity index (χ0n) is 17.1. The summed E-state index contributed by atoms with van der Waals surface area (Å²) in [6, 6.07) is 6.87. The maximum absolute atomic E-state index is 12.9. The highest BCUT2D eigenvalue weighted by molar-refractivity contribution is 5.97. The Hall–Kier alpha value is -2.37. The molecule has 0 saturated heterocycles. The summed E-state index contributed by atoms with van der Waals surface area (Å²) < 4.78 is 0. The van der Waals surface area contributed by atoms with Gasteiger partial charge in [0.25, 0.3) is 5.91 Å². The fourth-order valence-corrected chi connectivity index (χ4v) is 6.13. The van der Waals surface area contributed by atoms with Gasteiger partial charge in [0.15, 0.2) is 0 Å². The normalized spacial score (nSPS) is 29.3. The molecule has 156 valence electrons. The molecule has 6 heteroatoms. The Labute approximate surface area is 172 Å². The van der Waals surface area contributed by atoms with E-state index in [4.69, 9.17) is 0 Å². The fraction of sp³-hybridized carbons (Fsp3) is 0.609. The van der Waals surface area contributed by atoms with Crippen LogP contribution >= 0.6 is 0 Å². The average molecular weight is 398 g/mol. The summed E-state index contributed by atoms with van der Waals surface area (Å²) in [6.45, 7) is 0.534. The van der Waals surface area contributed by atoms with E-state index in [2.05, 4.69) is 16.0 Å². The van der Waals surface area contributed by atoms with Gasteiger partial charge in [-0.15, -0.1) is 0 Å². The number of carbonyl (C=O) groups excluding carboxylic acids is 3. The average Bonchev–Trinajstić information content (AvgIpc) is 2.69. The van der Waals surface area contributed by atoms with E-state index in [0.717, 1.165) is 37.0 Å². The van der Waals surface area contributed by atoms with Gasteiger partial charge in [0, 0.05) is 36.7 Å². The molecule has 1 aromatic rings. The van der Waals surface area contributed by atoms with Gasteiger partial charge in [-0.3, -0.25) is 14.4 Å². The molecule has 5 rings (SSSR count). The van der Waals surface area contributed by atoms with E-state index >= 15 is 0 Å². The van der Waals surface area contributed by atoms with Gasteiger partial charge >= 0.3 is 0 Å². The van der Waals surface area contributed by atoms with Gasteiger partial charge in [0.2, 0.25) is 11.8 Å². The first-order chi connectivity index (χ1) is 14.0. The van der Waals surface area contributed by atoms with E-state index in [-0.39, 0.29) is 23.1 Å². The molecule has 0 aliphatic heterocycles. The van der Waals surface area contributed by atoms with Crippen molar-refractivity contribution in [3.05, 3.63) is 29.8 Å². The van der Waals surface area contributed by atoms with Crippen LogP contribution < -0.4 is 16.0 Å². The number of rotatable bonds is 7. The molecule has 0 spiro atoms. The van der Waals surface area contributed by atoms with Gasteiger partial charge in [-0.1, -0.05) is 6.07 Å². The Bertz CT molecular complexity index is 769. The lowest BCUT2D eigenvalue weighted by molar-refractivity contribution is -0.146. The van der Waals surface area contributed by atoms with Gasteiger partial charge in [0.1, 0.15) is 0 Å². The summed E-state index contributed by atoms with van der Waals surface area (Å²) in [4.78, 5) is 36.8. The van der Waals surface area contributed by atoms with Crippen molar-refractivity contribution in [1.82, 2.24) is 10.6 Å². The first-order valence-electron chi connectivity index (χ1n) is 10.9. The van der Waals surface area contributed by atoms with Crippen LogP contribution in [0.5, 0.6) is 0 Å². The van der Waals surface area contributed by atoms with Crippen LogP contribution in [0.25, 0.3) is 0 Å². The van der Waals surface area contributed by atoms with Crippen LogP contribution in [0.3, 0.4) is 0 Å². The maximum Gasteiger partial charge on any atom is 0.251 e. The first kappa shape index (κ1) is 19.9. The highest BCUT2D eigenvalue weighted by Gasteiger charge is 2.54. The molecule has 4 aliphatic rings.